The molecule has 0 saturated carbocycles. The second-order valence-corrected chi connectivity index (χ2v) is 8.31. The fourth-order valence-electron chi connectivity index (χ4n) is 3.64. The largest absolute Gasteiger partial charge is 0.471 e. The predicted octanol–water partition coefficient (Wildman–Crippen LogP) is 4.27. The van der Waals surface area contributed by atoms with Crippen molar-refractivity contribution in [2.24, 2.45) is 0 Å². The summed E-state index contributed by atoms with van der Waals surface area (Å²) in [6, 6.07) is 13.3. The van der Waals surface area contributed by atoms with Crippen molar-refractivity contribution >= 4 is 23.2 Å². The van der Waals surface area contributed by atoms with Crippen LogP contribution in [0.5, 0.6) is 5.75 Å². The molecule has 0 spiro atoms. The van der Waals surface area contributed by atoms with Crippen LogP contribution < -0.4 is 10.1 Å². The van der Waals surface area contributed by atoms with Crippen LogP contribution >= 0.6 is 11.6 Å². The number of anilines is 1. The Hall–Kier alpha value is -2.87. The molecule has 0 atom stereocenters. The van der Waals surface area contributed by atoms with E-state index in [1.807, 2.05) is 44.2 Å². The van der Waals surface area contributed by atoms with E-state index in [1.54, 1.807) is 16.9 Å². The highest BCUT2D eigenvalue weighted by Gasteiger charge is 2.13. The number of hydrogen-bond donors (Lipinski definition) is 1. The molecule has 3 aromatic rings. The van der Waals surface area contributed by atoms with E-state index in [0.29, 0.717) is 11.4 Å². The highest BCUT2D eigenvalue weighted by Crippen LogP contribution is 2.26. The molecule has 0 bridgehead atoms. The summed E-state index contributed by atoms with van der Waals surface area (Å²) < 4.78 is 12.8. The maximum absolute atomic E-state index is 12.7. The van der Waals surface area contributed by atoms with Gasteiger partial charge < -0.3 is 14.8 Å². The summed E-state index contributed by atoms with van der Waals surface area (Å²) in [7, 11) is 0. The Morgan fingerprint density at radius 3 is 2.66 bits per heavy atom. The topological polar surface area (TPSA) is 68.6 Å². The van der Waals surface area contributed by atoms with Crippen LogP contribution in [0.2, 0.25) is 5.02 Å². The van der Waals surface area contributed by atoms with Gasteiger partial charge in [-0.05, 0) is 60.9 Å². The molecule has 1 aliphatic heterocycles. The minimum atomic E-state index is -0.259. The van der Waals surface area contributed by atoms with E-state index in [-0.39, 0.29) is 12.6 Å². The van der Waals surface area contributed by atoms with Gasteiger partial charge in [0.2, 0.25) is 0 Å². The van der Waals surface area contributed by atoms with Crippen molar-refractivity contribution in [1.29, 1.82) is 0 Å². The second kappa shape index (κ2) is 10.2. The van der Waals surface area contributed by atoms with Gasteiger partial charge in [0, 0.05) is 36.5 Å². The predicted molar refractivity (Wildman–Crippen MR) is 124 cm³/mol. The van der Waals surface area contributed by atoms with Crippen molar-refractivity contribution in [3.63, 3.8) is 0 Å². The highest BCUT2D eigenvalue weighted by molar-refractivity contribution is 6.32. The molecule has 0 unspecified atom stereocenters. The Balaban J connectivity index is 1.34. The molecule has 1 N–H and O–H groups in total. The molecule has 1 amide bonds. The number of morpholine rings is 1. The smallest absolute Gasteiger partial charge is 0.276 e. The quantitative estimate of drug-likeness (QED) is 0.577. The summed E-state index contributed by atoms with van der Waals surface area (Å²) in [5.41, 5.74) is 4.14. The zero-order valence-corrected chi connectivity index (χ0v) is 19.1. The van der Waals surface area contributed by atoms with Gasteiger partial charge in [0.15, 0.2) is 12.4 Å². The molecule has 168 valence electrons. The first kappa shape index (κ1) is 22.3. The third kappa shape index (κ3) is 5.68. The molecule has 7 nitrogen and oxygen atoms in total. The summed E-state index contributed by atoms with van der Waals surface area (Å²) in [5, 5.41) is 8.00. The Morgan fingerprint density at radius 2 is 1.91 bits per heavy atom. The van der Waals surface area contributed by atoms with Gasteiger partial charge in [-0.25, -0.2) is 4.68 Å². The summed E-state index contributed by atoms with van der Waals surface area (Å²) >= 11 is 6.21. The third-order valence-electron chi connectivity index (χ3n) is 5.34. The van der Waals surface area contributed by atoms with Gasteiger partial charge in [-0.15, -0.1) is 0 Å². The number of rotatable bonds is 7. The second-order valence-electron chi connectivity index (χ2n) is 7.93. The van der Waals surface area contributed by atoms with Crippen LogP contribution in [0, 0.1) is 13.8 Å². The van der Waals surface area contributed by atoms with Crippen molar-refractivity contribution in [2.75, 3.05) is 31.6 Å². The molecule has 1 aromatic heterocycles. The number of nitrogens with one attached hydrogen (secondary N) is 1. The molecule has 1 aliphatic rings. The first-order valence-corrected chi connectivity index (χ1v) is 11.0. The normalized spacial score (nSPS) is 14.3. The van der Waals surface area contributed by atoms with Crippen LogP contribution in [0.4, 0.5) is 5.69 Å². The van der Waals surface area contributed by atoms with Crippen molar-refractivity contribution in [3.8, 4) is 5.75 Å². The highest BCUT2D eigenvalue weighted by atomic mass is 35.5. The van der Waals surface area contributed by atoms with Gasteiger partial charge in [-0.3, -0.25) is 9.69 Å². The number of aromatic nitrogens is 2. The molecule has 1 saturated heterocycles. The van der Waals surface area contributed by atoms with Crippen molar-refractivity contribution in [1.82, 2.24) is 14.7 Å². The molecule has 2 aromatic carbocycles. The SMILES string of the molecule is Cc1cc(OCn2ccc(C(=O)Nc3cccc(CN4CCOCC4)c3)n2)cc(C)c1Cl. The molecule has 4 rings (SSSR count). The van der Waals surface area contributed by atoms with Crippen LogP contribution in [-0.4, -0.2) is 46.9 Å². The van der Waals surface area contributed by atoms with Gasteiger partial charge in [0.1, 0.15) is 5.75 Å². The molecule has 8 heteroatoms. The first-order chi connectivity index (χ1) is 15.5. The molecule has 2 heterocycles. The van der Waals surface area contributed by atoms with Crippen LogP contribution in [0.15, 0.2) is 48.7 Å². The van der Waals surface area contributed by atoms with Crippen LogP contribution in [-0.2, 0) is 18.0 Å². The van der Waals surface area contributed by atoms with Crippen LogP contribution in [0.1, 0.15) is 27.2 Å². The molecular formula is C24H27ClN4O3. The molecule has 0 aliphatic carbocycles. The van der Waals surface area contributed by atoms with E-state index in [1.165, 1.54) is 0 Å². The Morgan fingerprint density at radius 1 is 1.16 bits per heavy atom. The lowest BCUT2D eigenvalue weighted by molar-refractivity contribution is 0.0342. The summed E-state index contributed by atoms with van der Waals surface area (Å²) in [6.45, 7) is 8.28. The molecule has 32 heavy (non-hydrogen) atoms. The van der Waals surface area contributed by atoms with E-state index < -0.39 is 0 Å². The van der Waals surface area contributed by atoms with Gasteiger partial charge >= 0.3 is 0 Å². The van der Waals surface area contributed by atoms with E-state index in [4.69, 9.17) is 21.1 Å². The van der Waals surface area contributed by atoms with Crippen molar-refractivity contribution < 1.29 is 14.3 Å². The number of halogens is 1. The van der Waals surface area contributed by atoms with Gasteiger partial charge in [-0.2, -0.15) is 5.10 Å². The third-order valence-corrected chi connectivity index (χ3v) is 5.94. The number of carbonyl (C=O) groups excluding carboxylic acids is 1. The maximum Gasteiger partial charge on any atom is 0.276 e. The lowest BCUT2D eigenvalue weighted by Gasteiger charge is -2.26. The Labute approximate surface area is 192 Å². The minimum Gasteiger partial charge on any atom is -0.471 e. The average Bonchev–Trinajstić information content (AvgIpc) is 3.26. The van der Waals surface area contributed by atoms with E-state index in [9.17, 15) is 4.79 Å². The molecular weight excluding hydrogens is 428 g/mol. The number of hydrogen-bond acceptors (Lipinski definition) is 5. The standard InChI is InChI=1S/C24H27ClN4O3/c1-17-12-21(13-18(2)23(17)25)32-16-29-7-6-22(27-29)24(30)26-20-5-3-4-19(14-20)15-28-8-10-31-11-9-28/h3-7,12-14H,8-11,15-16H2,1-2H3,(H,26,30). The van der Waals surface area contributed by atoms with Gasteiger partial charge in [0.05, 0.1) is 13.2 Å². The zero-order valence-electron chi connectivity index (χ0n) is 18.3. The first-order valence-electron chi connectivity index (χ1n) is 10.6. The summed E-state index contributed by atoms with van der Waals surface area (Å²) in [4.78, 5) is 15.0. The minimum absolute atomic E-state index is 0.197. The average molecular weight is 455 g/mol. The Kier molecular flexibility index (Phi) is 7.09. The number of carbonyl (C=O) groups is 1. The van der Waals surface area contributed by atoms with Crippen molar-refractivity contribution in [2.45, 2.75) is 27.1 Å². The monoisotopic (exact) mass is 454 g/mol. The number of amides is 1. The lowest BCUT2D eigenvalue weighted by atomic mass is 10.1. The summed E-state index contributed by atoms with van der Waals surface area (Å²) in [5.74, 6) is 0.452. The molecule has 1 fully saturated rings. The van der Waals surface area contributed by atoms with E-state index >= 15 is 0 Å². The molecule has 0 radical (unpaired) electrons. The number of aryl methyl sites for hydroxylation is 2. The van der Waals surface area contributed by atoms with Gasteiger partial charge in [0.25, 0.3) is 5.91 Å². The number of benzene rings is 2. The zero-order chi connectivity index (χ0) is 22.5. The van der Waals surface area contributed by atoms with Crippen LogP contribution in [0.25, 0.3) is 0 Å². The van der Waals surface area contributed by atoms with E-state index in [0.717, 1.165) is 60.2 Å². The lowest BCUT2D eigenvalue weighted by Crippen LogP contribution is -2.35. The fraction of sp³-hybridized carbons (Fsp3) is 0.333. The summed E-state index contributed by atoms with van der Waals surface area (Å²) in [6.07, 6.45) is 1.72. The maximum atomic E-state index is 12.7. The van der Waals surface area contributed by atoms with E-state index in [2.05, 4.69) is 21.4 Å². The fourth-order valence-corrected chi connectivity index (χ4v) is 3.75. The van der Waals surface area contributed by atoms with Crippen LogP contribution in [0.3, 0.4) is 0 Å². The Bertz CT molecular complexity index is 1070. The number of nitrogens with zero attached hydrogens (tertiary/aromatic N) is 3. The van der Waals surface area contributed by atoms with Gasteiger partial charge in [-0.1, -0.05) is 23.7 Å². The number of ether oxygens (including phenoxy) is 2. The van der Waals surface area contributed by atoms with Crippen molar-refractivity contribution in [3.05, 3.63) is 76.1 Å².